The minimum absolute atomic E-state index is 0.0870. The van der Waals surface area contributed by atoms with Crippen molar-refractivity contribution in [3.05, 3.63) is 16.1 Å². The number of hydrogen-bond donors (Lipinski definition) is 2. The monoisotopic (exact) mass is 257 g/mol. The van der Waals surface area contributed by atoms with E-state index < -0.39 is 0 Å². The first-order valence-electron chi connectivity index (χ1n) is 6.04. The smallest absolute Gasteiger partial charge is 0.0897 e. The molecule has 1 aromatic heterocycles. The van der Waals surface area contributed by atoms with E-state index in [4.69, 9.17) is 10.6 Å². The first-order valence-corrected chi connectivity index (χ1v) is 6.92. The van der Waals surface area contributed by atoms with Crippen LogP contribution < -0.4 is 11.3 Å². The Morgan fingerprint density at radius 1 is 1.53 bits per heavy atom. The number of hydrazine groups is 1. The molecule has 4 nitrogen and oxygen atoms in total. The molecule has 3 N–H and O–H groups in total. The van der Waals surface area contributed by atoms with Crippen LogP contribution in [0.2, 0.25) is 0 Å². The molecule has 1 rings (SSSR count). The molecular formula is C12H23N3OS. The Morgan fingerprint density at radius 2 is 2.18 bits per heavy atom. The number of nitrogens with one attached hydrogen (secondary N) is 1. The van der Waals surface area contributed by atoms with E-state index in [2.05, 4.69) is 29.6 Å². The van der Waals surface area contributed by atoms with Gasteiger partial charge in [-0.05, 0) is 19.8 Å². The third-order valence-electron chi connectivity index (χ3n) is 3.52. The van der Waals surface area contributed by atoms with Gasteiger partial charge in [0.2, 0.25) is 0 Å². The van der Waals surface area contributed by atoms with Crippen LogP contribution in [0.4, 0.5) is 0 Å². The van der Waals surface area contributed by atoms with Gasteiger partial charge in [-0.1, -0.05) is 13.8 Å². The van der Waals surface area contributed by atoms with E-state index in [1.807, 2.05) is 6.92 Å². The lowest BCUT2D eigenvalue weighted by atomic mass is 9.86. The van der Waals surface area contributed by atoms with Gasteiger partial charge in [0.15, 0.2) is 0 Å². The third-order valence-corrected chi connectivity index (χ3v) is 4.34. The average molecular weight is 257 g/mol. The molecule has 0 bridgehead atoms. The van der Waals surface area contributed by atoms with Crippen molar-refractivity contribution in [2.45, 2.75) is 51.7 Å². The van der Waals surface area contributed by atoms with E-state index in [9.17, 15) is 0 Å². The molecule has 98 valence electrons. The number of aromatic nitrogens is 1. The van der Waals surface area contributed by atoms with Crippen LogP contribution in [0.5, 0.6) is 0 Å². The molecule has 0 saturated heterocycles. The largest absolute Gasteiger partial charge is 0.377 e. The summed E-state index contributed by atoms with van der Waals surface area (Å²) >= 11 is 1.67. The van der Waals surface area contributed by atoms with E-state index >= 15 is 0 Å². The van der Waals surface area contributed by atoms with E-state index in [0.29, 0.717) is 0 Å². The summed E-state index contributed by atoms with van der Waals surface area (Å²) in [5, 5.41) is 3.18. The molecule has 0 aliphatic heterocycles. The van der Waals surface area contributed by atoms with Crippen molar-refractivity contribution in [2.75, 3.05) is 7.11 Å². The van der Waals surface area contributed by atoms with Crippen molar-refractivity contribution in [1.29, 1.82) is 0 Å². The van der Waals surface area contributed by atoms with Crippen molar-refractivity contribution in [2.24, 2.45) is 5.84 Å². The molecule has 0 aliphatic carbocycles. The van der Waals surface area contributed by atoms with E-state index in [-0.39, 0.29) is 11.6 Å². The summed E-state index contributed by atoms with van der Waals surface area (Å²) in [6, 6.07) is 0.0870. The van der Waals surface area contributed by atoms with Gasteiger partial charge in [-0.15, -0.1) is 11.3 Å². The first-order chi connectivity index (χ1) is 8.11. The number of ether oxygens (including phenoxy) is 1. The zero-order chi connectivity index (χ0) is 12.9. The zero-order valence-corrected chi connectivity index (χ0v) is 11.9. The molecule has 0 aliphatic rings. The Kier molecular flexibility index (Phi) is 5.52. The summed E-state index contributed by atoms with van der Waals surface area (Å²) < 4.78 is 5.70. The van der Waals surface area contributed by atoms with Crippen LogP contribution in [0.15, 0.2) is 5.38 Å². The summed E-state index contributed by atoms with van der Waals surface area (Å²) in [5.41, 5.74) is 3.76. The number of nitrogens with zero attached hydrogens (tertiary/aromatic N) is 1. The van der Waals surface area contributed by atoms with Gasteiger partial charge in [-0.3, -0.25) is 11.3 Å². The lowest BCUT2D eigenvalue weighted by Crippen LogP contribution is -2.55. The summed E-state index contributed by atoms with van der Waals surface area (Å²) in [6.07, 6.45) is 2.66. The summed E-state index contributed by atoms with van der Waals surface area (Å²) in [7, 11) is 1.75. The second-order valence-corrected chi connectivity index (χ2v) is 5.32. The third kappa shape index (κ3) is 3.25. The predicted octanol–water partition coefficient (Wildman–Crippen LogP) is 2.03. The van der Waals surface area contributed by atoms with Crippen molar-refractivity contribution < 1.29 is 4.74 Å². The van der Waals surface area contributed by atoms with Gasteiger partial charge in [-0.2, -0.15) is 0 Å². The number of thiazole rings is 1. The van der Waals surface area contributed by atoms with Crippen molar-refractivity contribution in [3.8, 4) is 0 Å². The Balaban J connectivity index is 2.82. The van der Waals surface area contributed by atoms with Crippen molar-refractivity contribution in [3.63, 3.8) is 0 Å². The van der Waals surface area contributed by atoms with Crippen LogP contribution in [0, 0.1) is 6.92 Å². The number of rotatable bonds is 7. The molecule has 0 radical (unpaired) electrons. The maximum Gasteiger partial charge on any atom is 0.0897 e. The van der Waals surface area contributed by atoms with Crippen molar-refractivity contribution in [1.82, 2.24) is 10.4 Å². The van der Waals surface area contributed by atoms with E-state index in [0.717, 1.165) is 30.0 Å². The predicted molar refractivity (Wildman–Crippen MR) is 72.0 cm³/mol. The molecule has 17 heavy (non-hydrogen) atoms. The fraction of sp³-hybridized carbons (Fsp3) is 0.750. The van der Waals surface area contributed by atoms with Crippen LogP contribution in [0.1, 0.15) is 37.4 Å². The molecular weight excluding hydrogens is 234 g/mol. The highest BCUT2D eigenvalue weighted by molar-refractivity contribution is 7.09. The molecule has 0 aromatic carbocycles. The molecule has 0 fully saturated rings. The molecule has 0 amide bonds. The van der Waals surface area contributed by atoms with Gasteiger partial charge < -0.3 is 4.74 Å². The molecule has 1 atom stereocenters. The summed E-state index contributed by atoms with van der Waals surface area (Å²) in [4.78, 5) is 4.48. The Labute approximate surface area is 108 Å². The topological polar surface area (TPSA) is 60.2 Å². The molecule has 0 spiro atoms. The number of nitrogens with two attached hydrogens (primary N) is 1. The van der Waals surface area contributed by atoms with Crippen LogP contribution in [-0.4, -0.2) is 23.7 Å². The van der Waals surface area contributed by atoms with Gasteiger partial charge in [-0.25, -0.2) is 4.98 Å². The highest BCUT2D eigenvalue weighted by Gasteiger charge is 2.35. The normalized spacial score (nSPS) is 13.9. The first kappa shape index (κ1) is 14.6. The summed E-state index contributed by atoms with van der Waals surface area (Å²) in [6.45, 7) is 6.27. The van der Waals surface area contributed by atoms with Gasteiger partial charge in [0.05, 0.1) is 22.3 Å². The number of methoxy groups -OCH3 is 1. The minimum atomic E-state index is -0.216. The Bertz CT molecular complexity index is 328. The highest BCUT2D eigenvalue weighted by atomic mass is 32.1. The van der Waals surface area contributed by atoms with Crippen LogP contribution in [-0.2, 0) is 11.2 Å². The molecule has 1 aromatic rings. The van der Waals surface area contributed by atoms with Crippen LogP contribution in [0.3, 0.4) is 0 Å². The fourth-order valence-electron chi connectivity index (χ4n) is 2.28. The molecule has 1 unspecified atom stereocenters. The van der Waals surface area contributed by atoms with Gasteiger partial charge >= 0.3 is 0 Å². The van der Waals surface area contributed by atoms with Gasteiger partial charge in [0.25, 0.3) is 0 Å². The number of aryl methyl sites for hydroxylation is 1. The van der Waals surface area contributed by atoms with Gasteiger partial charge in [0, 0.05) is 18.9 Å². The molecule has 5 heteroatoms. The Hall–Kier alpha value is -0.490. The average Bonchev–Trinajstić information content (AvgIpc) is 2.76. The Morgan fingerprint density at radius 3 is 2.53 bits per heavy atom. The van der Waals surface area contributed by atoms with E-state index in [1.54, 1.807) is 18.4 Å². The summed E-state index contributed by atoms with van der Waals surface area (Å²) in [5.74, 6) is 5.69. The second-order valence-electron chi connectivity index (χ2n) is 4.26. The fourth-order valence-corrected chi connectivity index (χ4v) is 2.91. The SMILES string of the molecule is CCC(CC)(OC)C(Cc1csc(C)n1)NN. The number of hydrogen-bond acceptors (Lipinski definition) is 5. The minimum Gasteiger partial charge on any atom is -0.377 e. The maximum absolute atomic E-state index is 5.70. The van der Waals surface area contributed by atoms with E-state index in [1.165, 1.54) is 0 Å². The zero-order valence-electron chi connectivity index (χ0n) is 11.1. The second kappa shape index (κ2) is 6.44. The molecule has 0 saturated carbocycles. The highest BCUT2D eigenvalue weighted by Crippen LogP contribution is 2.26. The quantitative estimate of drug-likeness (QED) is 0.579. The standard InChI is InChI=1S/C12H23N3OS/c1-5-12(6-2,16-4)11(15-13)7-10-8-17-9(3)14-10/h8,11,15H,5-7,13H2,1-4H3. The van der Waals surface area contributed by atoms with Crippen molar-refractivity contribution >= 4 is 11.3 Å². The lowest BCUT2D eigenvalue weighted by Gasteiger charge is -2.37. The van der Waals surface area contributed by atoms with Crippen LogP contribution in [0.25, 0.3) is 0 Å². The molecule has 1 heterocycles. The van der Waals surface area contributed by atoms with Gasteiger partial charge in [0.1, 0.15) is 0 Å². The lowest BCUT2D eigenvalue weighted by molar-refractivity contribution is -0.0474. The maximum atomic E-state index is 5.70. The van der Waals surface area contributed by atoms with Crippen LogP contribution >= 0.6 is 11.3 Å².